The van der Waals surface area contributed by atoms with Crippen molar-refractivity contribution in [2.45, 2.75) is 32.9 Å². The van der Waals surface area contributed by atoms with Crippen molar-refractivity contribution >= 4 is 213 Å². The summed E-state index contributed by atoms with van der Waals surface area (Å²) in [7, 11) is 0. The molecular formula is C30H19I3S8. The van der Waals surface area contributed by atoms with Gasteiger partial charge in [-0.25, -0.2) is 0 Å². The third-order valence-corrected chi connectivity index (χ3v) is 22.9. The van der Waals surface area contributed by atoms with Gasteiger partial charge in [-0.15, -0.1) is 91.5 Å². The molecule has 6 aromatic heterocycles. The van der Waals surface area contributed by atoms with Crippen molar-refractivity contribution in [3.8, 4) is 9.75 Å². The maximum atomic E-state index is 2.63. The van der Waals surface area contributed by atoms with Gasteiger partial charge in [0.2, 0.25) is 0 Å². The minimum atomic E-state index is 0.505. The molecule has 0 fully saturated rings. The molecule has 0 aliphatic carbocycles. The monoisotopic (exact) mass is 1020 g/mol. The summed E-state index contributed by atoms with van der Waals surface area (Å²) in [6, 6.07) is 7.35. The molecule has 7 heterocycles. The highest BCUT2D eigenvalue weighted by Crippen LogP contribution is 2.54. The lowest BCUT2D eigenvalue weighted by Crippen LogP contribution is -2.03. The molecule has 7 aromatic rings. The van der Waals surface area contributed by atoms with Crippen molar-refractivity contribution in [3.05, 3.63) is 55.2 Å². The lowest BCUT2D eigenvalue weighted by atomic mass is 10.2. The Balaban J connectivity index is 1.27. The van der Waals surface area contributed by atoms with Gasteiger partial charge >= 0.3 is 0 Å². The van der Waals surface area contributed by atoms with Crippen LogP contribution in [0, 0.1) is 17.6 Å². The number of hydrogen-bond donors (Lipinski definition) is 0. The van der Waals surface area contributed by atoms with E-state index in [9.17, 15) is 0 Å². The zero-order valence-corrected chi connectivity index (χ0v) is 35.0. The predicted octanol–water partition coefficient (Wildman–Crippen LogP) is 15.1. The third-order valence-electron chi connectivity index (χ3n) is 7.39. The van der Waals surface area contributed by atoms with Crippen molar-refractivity contribution in [1.29, 1.82) is 0 Å². The van der Waals surface area contributed by atoms with E-state index in [2.05, 4.69) is 120 Å². The first kappa shape index (κ1) is 29.5. The van der Waals surface area contributed by atoms with Crippen LogP contribution in [0.4, 0.5) is 0 Å². The lowest BCUT2D eigenvalue weighted by molar-refractivity contribution is 1.13. The molecule has 0 spiro atoms. The number of thiophene rings is 6. The van der Waals surface area contributed by atoms with Gasteiger partial charge in [-0.1, -0.05) is 6.08 Å². The summed E-state index contributed by atoms with van der Waals surface area (Å²) in [5.74, 6) is 1.05. The highest BCUT2D eigenvalue weighted by Gasteiger charge is 2.25. The summed E-state index contributed by atoms with van der Waals surface area (Å²) >= 11 is 23.7. The third kappa shape index (κ3) is 4.74. The molecule has 1 aliphatic heterocycles. The average molecular weight is 1020 g/mol. The van der Waals surface area contributed by atoms with Crippen LogP contribution in [0.1, 0.15) is 30.5 Å². The van der Waals surface area contributed by atoms with E-state index < -0.39 is 0 Å². The molecule has 0 bridgehead atoms. The smallest absolute Gasteiger partial charge is 0.0609 e. The fraction of sp³-hybridized carbons (Fsp3) is 0.200. The van der Waals surface area contributed by atoms with E-state index >= 15 is 0 Å². The molecule has 0 N–H and O–H groups in total. The van der Waals surface area contributed by atoms with Crippen LogP contribution in [0.25, 0.3) is 63.0 Å². The van der Waals surface area contributed by atoms with Gasteiger partial charge in [0.1, 0.15) is 0 Å². The van der Waals surface area contributed by atoms with Crippen LogP contribution >= 0.6 is 159 Å². The molecular weight excluding hydrogens is 998 g/mol. The Morgan fingerprint density at radius 3 is 1.88 bits per heavy atom. The molecule has 0 nitrogen and oxygen atoms in total. The fourth-order valence-corrected chi connectivity index (χ4v) is 20.2. The lowest BCUT2D eigenvalue weighted by Gasteiger charge is -2.20. The number of fused-ring (bicyclic) bond motifs is 7. The quantitative estimate of drug-likeness (QED) is 0.158. The summed E-state index contributed by atoms with van der Waals surface area (Å²) < 4.78 is 15.9. The van der Waals surface area contributed by atoms with Gasteiger partial charge in [0.15, 0.2) is 0 Å². The normalized spacial score (nSPS) is 17.1. The topological polar surface area (TPSA) is 0 Å². The van der Waals surface area contributed by atoms with E-state index in [0.717, 1.165) is 5.75 Å². The SMILES string of the molecule is CC1=CCSC(c2sc3c(sc4cc5c(cc43)sc3c(I)c(-c4sc6cc(C)sc6c4I)sc35)c2I)=C(C)C(C)S1. The Morgan fingerprint density at radius 2 is 1.22 bits per heavy atom. The summed E-state index contributed by atoms with van der Waals surface area (Å²) in [5, 5.41) is 3.37. The molecule has 0 radical (unpaired) electrons. The number of rotatable bonds is 2. The Morgan fingerprint density at radius 1 is 0.634 bits per heavy atom. The number of aryl methyl sites for hydroxylation is 1. The van der Waals surface area contributed by atoms with Gasteiger partial charge in [0.05, 0.1) is 48.8 Å². The number of hydrogen-bond acceptors (Lipinski definition) is 8. The second kappa shape index (κ2) is 11.1. The van der Waals surface area contributed by atoms with Crippen molar-refractivity contribution in [2.75, 3.05) is 5.75 Å². The minimum Gasteiger partial charge on any atom is -0.139 e. The van der Waals surface area contributed by atoms with E-state index in [0.29, 0.717) is 5.25 Å². The van der Waals surface area contributed by atoms with Crippen LogP contribution in [0.5, 0.6) is 0 Å². The maximum Gasteiger partial charge on any atom is 0.0609 e. The Kier molecular flexibility index (Phi) is 7.99. The van der Waals surface area contributed by atoms with Gasteiger partial charge < -0.3 is 0 Å². The zero-order chi connectivity index (χ0) is 28.3. The molecule has 1 unspecified atom stereocenters. The Hall–Kier alpha value is 1.09. The molecule has 8 rings (SSSR count). The van der Waals surface area contributed by atoms with Gasteiger partial charge in [-0.2, -0.15) is 0 Å². The van der Waals surface area contributed by atoms with Crippen molar-refractivity contribution in [3.63, 3.8) is 0 Å². The largest absolute Gasteiger partial charge is 0.139 e. The van der Waals surface area contributed by atoms with Crippen LogP contribution in [0.2, 0.25) is 0 Å². The second-order valence-corrected chi connectivity index (χ2v) is 22.4. The number of thioether (sulfide) groups is 2. The maximum absolute atomic E-state index is 2.63. The second-order valence-electron chi connectivity index (χ2n) is 10.0. The van der Waals surface area contributed by atoms with E-state index in [-0.39, 0.29) is 0 Å². The summed E-state index contributed by atoms with van der Waals surface area (Å²) in [4.78, 5) is 8.72. The van der Waals surface area contributed by atoms with E-state index in [4.69, 9.17) is 0 Å². The molecule has 0 amide bonds. The first-order valence-electron chi connectivity index (χ1n) is 12.7. The first-order chi connectivity index (χ1) is 19.7. The van der Waals surface area contributed by atoms with Crippen LogP contribution in [-0.2, 0) is 0 Å². The van der Waals surface area contributed by atoms with Gasteiger partial charge in [-0.05, 0) is 124 Å². The fourth-order valence-electron chi connectivity index (χ4n) is 5.25. The highest BCUT2D eigenvalue weighted by atomic mass is 127. The van der Waals surface area contributed by atoms with Crippen molar-refractivity contribution in [2.24, 2.45) is 0 Å². The highest BCUT2D eigenvalue weighted by molar-refractivity contribution is 14.1. The average Bonchev–Trinajstić information content (AvgIpc) is 3.75. The molecule has 208 valence electrons. The molecule has 1 atom stereocenters. The number of benzene rings is 1. The van der Waals surface area contributed by atoms with Gasteiger partial charge in [0.25, 0.3) is 0 Å². The molecule has 41 heavy (non-hydrogen) atoms. The van der Waals surface area contributed by atoms with Crippen LogP contribution in [-0.4, -0.2) is 11.0 Å². The molecule has 1 aliphatic rings. The summed E-state index contributed by atoms with van der Waals surface area (Å²) in [6.45, 7) is 9.17. The first-order valence-corrected chi connectivity index (χ1v) is 22.7. The van der Waals surface area contributed by atoms with E-state index in [1.54, 1.807) is 0 Å². The molecule has 0 saturated carbocycles. The van der Waals surface area contributed by atoms with Crippen molar-refractivity contribution in [1.82, 2.24) is 0 Å². The van der Waals surface area contributed by atoms with Gasteiger partial charge in [0, 0.05) is 45.7 Å². The minimum absolute atomic E-state index is 0.505. The molecule has 11 heteroatoms. The predicted molar refractivity (Wildman–Crippen MR) is 225 cm³/mol. The van der Waals surface area contributed by atoms with Crippen LogP contribution in [0.15, 0.2) is 34.8 Å². The standard InChI is InChI=1S/C30H19I3S8/c1-10-5-6-34-22(12(3)13(4)35-10)26-20(32)27-23(40-26)14-8-17-15(9-16(14)37-27)24-28(38-17)21(33)30(41-24)29-19(31)25-18(39-29)7-11(2)36-25/h5,7-9,13H,6H2,1-4H3. The number of allylic oxidation sites excluding steroid dienone is 1. The van der Waals surface area contributed by atoms with E-state index in [1.165, 1.54) is 94.0 Å². The van der Waals surface area contributed by atoms with Crippen LogP contribution < -0.4 is 0 Å². The Bertz CT molecular complexity index is 2280. The number of halogens is 3. The molecule has 0 saturated heterocycles. The van der Waals surface area contributed by atoms with Crippen molar-refractivity contribution < 1.29 is 0 Å². The summed E-state index contributed by atoms with van der Waals surface area (Å²) in [5.41, 5.74) is 1.52. The Labute approximate surface area is 311 Å². The van der Waals surface area contributed by atoms with Crippen LogP contribution in [0.3, 0.4) is 0 Å². The summed E-state index contributed by atoms with van der Waals surface area (Å²) in [6.07, 6.45) is 2.39. The molecule has 1 aromatic carbocycles. The zero-order valence-electron chi connectivity index (χ0n) is 22.0. The van der Waals surface area contributed by atoms with Gasteiger partial charge in [-0.3, -0.25) is 0 Å². The van der Waals surface area contributed by atoms with E-state index in [1.807, 2.05) is 91.5 Å².